The van der Waals surface area contributed by atoms with Gasteiger partial charge in [-0.2, -0.15) is 0 Å². The number of hydrogen-bond acceptors (Lipinski definition) is 5. The molecular formula is C24H36IN3O2S. The standard InChI is InChI=1S/C18H18IN3O2S.3C2H6/c1-2-22(25-19)17-7-6-16(13-20-17)14-4-3-5-15(12-14)18(23)21-8-10-24-11-9-21;3*1-2/h2-7,12-13H,1,8-11H2;3*1-2H3. The van der Waals surface area contributed by atoms with Crippen LogP contribution in [0.3, 0.4) is 0 Å². The van der Waals surface area contributed by atoms with Crippen molar-refractivity contribution in [2.75, 3.05) is 30.6 Å². The minimum atomic E-state index is 0.0499. The number of nitrogens with zero attached hydrogens (tertiary/aromatic N) is 3. The van der Waals surface area contributed by atoms with Gasteiger partial charge >= 0.3 is 0 Å². The minimum absolute atomic E-state index is 0.0499. The van der Waals surface area contributed by atoms with E-state index in [2.05, 4.69) is 32.8 Å². The molecular weight excluding hydrogens is 521 g/mol. The van der Waals surface area contributed by atoms with Gasteiger partial charge in [0, 0.05) is 66.9 Å². The summed E-state index contributed by atoms with van der Waals surface area (Å²) in [6.07, 6.45) is 3.54. The van der Waals surface area contributed by atoms with Crippen LogP contribution in [-0.2, 0) is 4.74 Å². The number of aromatic nitrogens is 1. The van der Waals surface area contributed by atoms with Crippen molar-refractivity contribution in [1.82, 2.24) is 9.88 Å². The first-order chi connectivity index (χ1) is 15.2. The molecule has 0 atom stereocenters. The van der Waals surface area contributed by atoms with Crippen molar-refractivity contribution in [2.24, 2.45) is 0 Å². The maximum atomic E-state index is 12.6. The van der Waals surface area contributed by atoms with E-state index in [4.69, 9.17) is 4.74 Å². The summed E-state index contributed by atoms with van der Waals surface area (Å²) < 4.78 is 7.19. The average Bonchev–Trinajstić information content (AvgIpc) is 2.89. The predicted octanol–water partition coefficient (Wildman–Crippen LogP) is 7.25. The summed E-state index contributed by atoms with van der Waals surface area (Å²) >= 11 is 2.19. The van der Waals surface area contributed by atoms with Gasteiger partial charge in [-0.1, -0.05) is 60.3 Å². The fourth-order valence-corrected chi connectivity index (χ4v) is 3.95. The molecule has 1 aromatic carbocycles. The lowest BCUT2D eigenvalue weighted by molar-refractivity contribution is 0.0303. The first-order valence-electron chi connectivity index (χ1n) is 10.9. The third-order valence-electron chi connectivity index (χ3n) is 3.95. The second-order valence-electron chi connectivity index (χ2n) is 5.47. The highest BCUT2D eigenvalue weighted by atomic mass is 127. The summed E-state index contributed by atoms with van der Waals surface area (Å²) in [5.41, 5.74) is 2.65. The summed E-state index contributed by atoms with van der Waals surface area (Å²) in [4.78, 5) is 19.0. The molecule has 1 aliphatic heterocycles. The Morgan fingerprint density at radius 2 is 1.74 bits per heavy atom. The number of benzene rings is 1. The van der Waals surface area contributed by atoms with Crippen LogP contribution in [0.4, 0.5) is 5.82 Å². The fourth-order valence-electron chi connectivity index (χ4n) is 2.63. The molecule has 2 heterocycles. The van der Waals surface area contributed by atoms with Crippen LogP contribution in [0.25, 0.3) is 11.1 Å². The third kappa shape index (κ3) is 9.21. The van der Waals surface area contributed by atoms with E-state index in [-0.39, 0.29) is 5.91 Å². The van der Waals surface area contributed by atoms with Crippen LogP contribution in [0.5, 0.6) is 0 Å². The average molecular weight is 558 g/mol. The Labute approximate surface area is 205 Å². The van der Waals surface area contributed by atoms with Crippen molar-refractivity contribution in [1.29, 1.82) is 0 Å². The molecule has 0 spiro atoms. The Hall–Kier alpha value is -1.58. The van der Waals surface area contributed by atoms with E-state index in [1.165, 1.54) is 9.12 Å². The largest absolute Gasteiger partial charge is 0.378 e. The van der Waals surface area contributed by atoms with Crippen molar-refractivity contribution in [3.05, 3.63) is 60.9 Å². The van der Waals surface area contributed by atoms with Crippen LogP contribution in [0, 0.1) is 0 Å². The Bertz CT molecular complexity index is 751. The van der Waals surface area contributed by atoms with Gasteiger partial charge in [-0.3, -0.25) is 9.10 Å². The summed E-state index contributed by atoms with van der Waals surface area (Å²) in [5.74, 6) is 0.868. The molecule has 172 valence electrons. The van der Waals surface area contributed by atoms with E-state index in [0.29, 0.717) is 31.9 Å². The van der Waals surface area contributed by atoms with Gasteiger partial charge in [-0.05, 0) is 29.8 Å². The maximum absolute atomic E-state index is 12.6. The van der Waals surface area contributed by atoms with Gasteiger partial charge in [0.2, 0.25) is 0 Å². The van der Waals surface area contributed by atoms with Crippen molar-refractivity contribution >= 4 is 42.0 Å². The molecule has 0 bridgehead atoms. The van der Waals surface area contributed by atoms with Crippen LogP contribution >= 0.6 is 30.3 Å². The molecule has 2 aromatic rings. The summed E-state index contributed by atoms with van der Waals surface area (Å²) in [6.45, 7) is 18.3. The first-order valence-corrected chi connectivity index (χ1v) is 14.2. The van der Waals surface area contributed by atoms with E-state index in [1.807, 2.05) is 93.3 Å². The molecule has 0 N–H and O–H groups in total. The van der Waals surface area contributed by atoms with Crippen molar-refractivity contribution in [3.63, 3.8) is 0 Å². The molecule has 0 radical (unpaired) electrons. The Morgan fingerprint density at radius 1 is 1.10 bits per heavy atom. The molecule has 5 nitrogen and oxygen atoms in total. The van der Waals surface area contributed by atoms with Crippen LogP contribution in [0.15, 0.2) is 55.4 Å². The van der Waals surface area contributed by atoms with E-state index in [9.17, 15) is 4.79 Å². The monoisotopic (exact) mass is 557 g/mol. The molecule has 3 rings (SSSR count). The number of rotatable bonds is 5. The summed E-state index contributed by atoms with van der Waals surface area (Å²) in [5, 5.41) is 0. The fraction of sp³-hybridized carbons (Fsp3) is 0.417. The van der Waals surface area contributed by atoms with E-state index < -0.39 is 0 Å². The van der Waals surface area contributed by atoms with Gasteiger partial charge < -0.3 is 9.64 Å². The molecule has 0 saturated carbocycles. The van der Waals surface area contributed by atoms with Crippen molar-refractivity contribution in [2.45, 2.75) is 41.5 Å². The van der Waals surface area contributed by atoms with Crippen LogP contribution in [-0.4, -0.2) is 42.1 Å². The smallest absolute Gasteiger partial charge is 0.254 e. The molecule has 1 aromatic heterocycles. The summed E-state index contributed by atoms with van der Waals surface area (Å²) in [7, 11) is 1.51. The second kappa shape index (κ2) is 18.0. The van der Waals surface area contributed by atoms with Gasteiger partial charge in [0.15, 0.2) is 0 Å². The normalized spacial score (nSPS) is 12.0. The molecule has 1 aliphatic rings. The lowest BCUT2D eigenvalue weighted by atomic mass is 10.0. The van der Waals surface area contributed by atoms with Crippen molar-refractivity contribution < 1.29 is 9.53 Å². The molecule has 1 amide bonds. The molecule has 31 heavy (non-hydrogen) atoms. The number of halogens is 1. The number of morpholine rings is 1. The molecule has 7 heteroatoms. The van der Waals surface area contributed by atoms with Gasteiger partial charge in [0.1, 0.15) is 5.82 Å². The lowest BCUT2D eigenvalue weighted by Crippen LogP contribution is -2.40. The summed E-state index contributed by atoms with van der Waals surface area (Å²) in [6, 6.07) is 11.6. The second-order valence-corrected chi connectivity index (χ2v) is 7.18. The zero-order chi connectivity index (χ0) is 23.6. The zero-order valence-electron chi connectivity index (χ0n) is 19.6. The van der Waals surface area contributed by atoms with Crippen LogP contribution in [0.2, 0.25) is 0 Å². The first kappa shape index (κ1) is 29.4. The highest BCUT2D eigenvalue weighted by molar-refractivity contribution is 14.2. The quantitative estimate of drug-likeness (QED) is 0.286. The SMILES string of the molecule is C=CN(SI)c1ccc(-c2cccc(C(=O)N3CCOCC3)c2)cn1.CC.CC.CC. The third-order valence-corrected chi connectivity index (χ3v) is 5.71. The van der Waals surface area contributed by atoms with E-state index in [1.54, 1.807) is 6.20 Å². The molecule has 1 fully saturated rings. The number of hydrogen-bond donors (Lipinski definition) is 0. The number of anilines is 1. The number of amides is 1. The van der Waals surface area contributed by atoms with Crippen LogP contribution < -0.4 is 4.31 Å². The highest BCUT2D eigenvalue weighted by Crippen LogP contribution is 2.28. The van der Waals surface area contributed by atoms with Gasteiger partial charge in [-0.25, -0.2) is 4.98 Å². The molecule has 1 saturated heterocycles. The Balaban J connectivity index is 0.00000138. The minimum Gasteiger partial charge on any atom is -0.378 e. The van der Waals surface area contributed by atoms with Gasteiger partial charge in [0.25, 0.3) is 5.91 Å². The number of pyridine rings is 1. The predicted molar refractivity (Wildman–Crippen MR) is 145 cm³/mol. The molecule has 0 unspecified atom stereocenters. The number of carbonyl (C=O) groups is 1. The van der Waals surface area contributed by atoms with Crippen LogP contribution in [0.1, 0.15) is 51.9 Å². The maximum Gasteiger partial charge on any atom is 0.254 e. The van der Waals surface area contributed by atoms with Crippen molar-refractivity contribution in [3.8, 4) is 11.1 Å². The molecule has 0 aliphatic carbocycles. The zero-order valence-corrected chi connectivity index (χ0v) is 22.6. The Kier molecular flexibility index (Phi) is 17.1. The van der Waals surface area contributed by atoms with E-state index >= 15 is 0 Å². The lowest BCUT2D eigenvalue weighted by Gasteiger charge is -2.27. The van der Waals surface area contributed by atoms with Gasteiger partial charge in [-0.15, -0.1) is 0 Å². The number of ether oxygens (including phenoxy) is 1. The van der Waals surface area contributed by atoms with Gasteiger partial charge in [0.05, 0.1) is 13.2 Å². The topological polar surface area (TPSA) is 45.7 Å². The van der Waals surface area contributed by atoms with E-state index in [0.717, 1.165) is 16.9 Å². The highest BCUT2D eigenvalue weighted by Gasteiger charge is 2.18. The number of carbonyl (C=O) groups excluding carboxylic acids is 1. The Morgan fingerprint density at radius 3 is 2.26 bits per heavy atom.